The average molecular weight is 167 g/mol. The van der Waals surface area contributed by atoms with Gasteiger partial charge in [0.2, 0.25) is 0 Å². The minimum absolute atomic E-state index is 0.712. The van der Waals surface area contributed by atoms with Gasteiger partial charge in [0, 0.05) is 5.02 Å². The third-order valence-electron chi connectivity index (χ3n) is 2.49. The first-order valence-corrected chi connectivity index (χ1v) is 4.43. The third-order valence-corrected chi connectivity index (χ3v) is 2.72. The molecule has 0 saturated heterocycles. The third kappa shape index (κ3) is 1.16. The number of rotatable bonds is 0. The average Bonchev–Trinajstić information content (AvgIpc) is 2.33. The molecular formula is C10H11Cl. The Morgan fingerprint density at radius 1 is 1.45 bits per heavy atom. The summed E-state index contributed by atoms with van der Waals surface area (Å²) in [7, 11) is 0. The summed E-state index contributed by atoms with van der Waals surface area (Å²) in [6.45, 7) is 2.27. The van der Waals surface area contributed by atoms with Crippen LogP contribution in [0.15, 0.2) is 18.2 Å². The normalized spacial score (nSPS) is 21.8. The van der Waals surface area contributed by atoms with E-state index in [0.29, 0.717) is 5.92 Å². The molecule has 58 valence electrons. The molecule has 1 unspecified atom stereocenters. The number of fused-ring (bicyclic) bond motifs is 1. The minimum atomic E-state index is 0.712. The molecule has 0 spiro atoms. The fourth-order valence-electron chi connectivity index (χ4n) is 1.78. The quantitative estimate of drug-likeness (QED) is 0.554. The van der Waals surface area contributed by atoms with E-state index in [0.717, 1.165) is 5.02 Å². The molecule has 0 aromatic heterocycles. The van der Waals surface area contributed by atoms with Gasteiger partial charge in [-0.05, 0) is 42.0 Å². The van der Waals surface area contributed by atoms with E-state index >= 15 is 0 Å². The highest BCUT2D eigenvalue weighted by atomic mass is 35.5. The summed E-state index contributed by atoms with van der Waals surface area (Å²) in [4.78, 5) is 0. The number of halogens is 1. The first-order valence-electron chi connectivity index (χ1n) is 4.05. The van der Waals surface area contributed by atoms with Crippen LogP contribution in [-0.4, -0.2) is 0 Å². The van der Waals surface area contributed by atoms with E-state index in [1.807, 2.05) is 6.07 Å². The summed E-state index contributed by atoms with van der Waals surface area (Å²) in [6.07, 6.45) is 2.52. The largest absolute Gasteiger partial charge is 0.0843 e. The highest BCUT2D eigenvalue weighted by Crippen LogP contribution is 2.33. The fourth-order valence-corrected chi connectivity index (χ4v) is 1.96. The monoisotopic (exact) mass is 166 g/mol. The first-order chi connectivity index (χ1) is 5.27. The van der Waals surface area contributed by atoms with Crippen LogP contribution in [0, 0.1) is 0 Å². The van der Waals surface area contributed by atoms with Crippen LogP contribution in [-0.2, 0) is 6.42 Å². The van der Waals surface area contributed by atoms with Crippen molar-refractivity contribution < 1.29 is 0 Å². The van der Waals surface area contributed by atoms with E-state index in [9.17, 15) is 0 Å². The lowest BCUT2D eigenvalue weighted by Gasteiger charge is -2.03. The van der Waals surface area contributed by atoms with Crippen molar-refractivity contribution in [3.05, 3.63) is 34.3 Å². The lowest BCUT2D eigenvalue weighted by atomic mass is 10.0. The van der Waals surface area contributed by atoms with Crippen LogP contribution in [0.1, 0.15) is 30.4 Å². The number of hydrogen-bond donors (Lipinski definition) is 0. The molecule has 11 heavy (non-hydrogen) atoms. The van der Waals surface area contributed by atoms with E-state index in [2.05, 4.69) is 19.1 Å². The Kier molecular flexibility index (Phi) is 1.65. The molecule has 0 aliphatic heterocycles. The zero-order valence-electron chi connectivity index (χ0n) is 6.60. The van der Waals surface area contributed by atoms with Crippen molar-refractivity contribution in [1.82, 2.24) is 0 Å². The summed E-state index contributed by atoms with van der Waals surface area (Å²) in [5.74, 6) is 0.712. The molecule has 1 aromatic rings. The Labute approximate surface area is 72.2 Å². The number of hydrogen-bond acceptors (Lipinski definition) is 0. The highest BCUT2D eigenvalue weighted by molar-refractivity contribution is 6.30. The van der Waals surface area contributed by atoms with Gasteiger partial charge in [-0.2, -0.15) is 0 Å². The lowest BCUT2D eigenvalue weighted by Crippen LogP contribution is -1.84. The van der Waals surface area contributed by atoms with Gasteiger partial charge in [0.1, 0.15) is 0 Å². The second-order valence-corrected chi connectivity index (χ2v) is 3.72. The SMILES string of the molecule is CC1CCc2ccc(Cl)cc21. The molecule has 0 radical (unpaired) electrons. The van der Waals surface area contributed by atoms with Crippen molar-refractivity contribution in [2.45, 2.75) is 25.7 Å². The molecule has 0 fully saturated rings. The van der Waals surface area contributed by atoms with Gasteiger partial charge >= 0.3 is 0 Å². The molecule has 0 heterocycles. The van der Waals surface area contributed by atoms with Crippen molar-refractivity contribution in [2.75, 3.05) is 0 Å². The summed E-state index contributed by atoms with van der Waals surface area (Å²) in [6, 6.07) is 6.24. The van der Waals surface area contributed by atoms with Crippen molar-refractivity contribution >= 4 is 11.6 Å². The Morgan fingerprint density at radius 2 is 2.27 bits per heavy atom. The minimum Gasteiger partial charge on any atom is -0.0843 e. The van der Waals surface area contributed by atoms with Gasteiger partial charge < -0.3 is 0 Å². The van der Waals surface area contributed by atoms with Crippen molar-refractivity contribution in [1.29, 1.82) is 0 Å². The van der Waals surface area contributed by atoms with Crippen LogP contribution in [0.4, 0.5) is 0 Å². The Hall–Kier alpha value is -0.490. The molecular weight excluding hydrogens is 156 g/mol. The molecule has 1 heteroatoms. The van der Waals surface area contributed by atoms with Crippen LogP contribution in [0.5, 0.6) is 0 Å². The molecule has 1 atom stereocenters. The fraction of sp³-hybridized carbons (Fsp3) is 0.400. The topological polar surface area (TPSA) is 0 Å². The van der Waals surface area contributed by atoms with E-state index in [1.165, 1.54) is 24.0 Å². The van der Waals surface area contributed by atoms with Crippen LogP contribution in [0.2, 0.25) is 5.02 Å². The van der Waals surface area contributed by atoms with Gasteiger partial charge in [-0.15, -0.1) is 0 Å². The Morgan fingerprint density at radius 3 is 3.09 bits per heavy atom. The van der Waals surface area contributed by atoms with Gasteiger partial charge in [-0.1, -0.05) is 24.6 Å². The van der Waals surface area contributed by atoms with Crippen LogP contribution >= 0.6 is 11.6 Å². The first kappa shape index (κ1) is 7.17. The molecule has 1 aromatic carbocycles. The smallest absolute Gasteiger partial charge is 0.0409 e. The zero-order chi connectivity index (χ0) is 7.84. The molecule has 0 nitrogen and oxygen atoms in total. The number of benzene rings is 1. The molecule has 2 rings (SSSR count). The van der Waals surface area contributed by atoms with Gasteiger partial charge in [-0.3, -0.25) is 0 Å². The molecule has 0 N–H and O–H groups in total. The molecule has 0 saturated carbocycles. The zero-order valence-corrected chi connectivity index (χ0v) is 7.36. The van der Waals surface area contributed by atoms with Crippen molar-refractivity contribution in [3.8, 4) is 0 Å². The Bertz CT molecular complexity index is 278. The predicted molar refractivity (Wildman–Crippen MR) is 48.2 cm³/mol. The summed E-state index contributed by atoms with van der Waals surface area (Å²) >= 11 is 5.89. The van der Waals surface area contributed by atoms with Crippen molar-refractivity contribution in [2.24, 2.45) is 0 Å². The standard InChI is InChI=1S/C10H11Cl/c1-7-2-3-8-4-5-9(11)6-10(7)8/h4-7H,2-3H2,1H3. The van der Waals surface area contributed by atoms with Gasteiger partial charge in [0.05, 0.1) is 0 Å². The molecule has 1 aliphatic rings. The van der Waals surface area contributed by atoms with Gasteiger partial charge in [0.25, 0.3) is 0 Å². The maximum absolute atomic E-state index is 5.89. The summed E-state index contributed by atoms with van der Waals surface area (Å²) in [5, 5.41) is 0.873. The van der Waals surface area contributed by atoms with Crippen LogP contribution in [0.3, 0.4) is 0 Å². The van der Waals surface area contributed by atoms with Crippen LogP contribution in [0.25, 0.3) is 0 Å². The predicted octanol–water partition coefficient (Wildman–Crippen LogP) is 3.39. The lowest BCUT2D eigenvalue weighted by molar-refractivity contribution is 0.747. The summed E-state index contributed by atoms with van der Waals surface area (Å²) in [5.41, 5.74) is 2.94. The molecule has 1 aliphatic carbocycles. The van der Waals surface area contributed by atoms with E-state index in [1.54, 1.807) is 0 Å². The molecule has 0 bridgehead atoms. The second-order valence-electron chi connectivity index (χ2n) is 3.28. The highest BCUT2D eigenvalue weighted by Gasteiger charge is 2.17. The molecule has 0 amide bonds. The van der Waals surface area contributed by atoms with E-state index in [4.69, 9.17) is 11.6 Å². The van der Waals surface area contributed by atoms with E-state index < -0.39 is 0 Å². The van der Waals surface area contributed by atoms with Crippen LogP contribution < -0.4 is 0 Å². The second kappa shape index (κ2) is 2.53. The summed E-state index contributed by atoms with van der Waals surface area (Å²) < 4.78 is 0. The maximum Gasteiger partial charge on any atom is 0.0409 e. The van der Waals surface area contributed by atoms with Gasteiger partial charge in [0.15, 0.2) is 0 Å². The van der Waals surface area contributed by atoms with Crippen molar-refractivity contribution in [3.63, 3.8) is 0 Å². The Balaban J connectivity index is 2.52. The van der Waals surface area contributed by atoms with Gasteiger partial charge in [-0.25, -0.2) is 0 Å². The maximum atomic E-state index is 5.89. The number of aryl methyl sites for hydroxylation is 1. The van der Waals surface area contributed by atoms with E-state index in [-0.39, 0.29) is 0 Å².